The van der Waals surface area contributed by atoms with Gasteiger partial charge >= 0.3 is 0 Å². The van der Waals surface area contributed by atoms with Crippen LogP contribution in [0.4, 0.5) is 11.4 Å². The Kier molecular flexibility index (Phi) is 3.69. The van der Waals surface area contributed by atoms with Crippen molar-refractivity contribution >= 4 is 40.5 Å². The molecule has 2 unspecified atom stereocenters. The van der Waals surface area contributed by atoms with Crippen LogP contribution >= 0.6 is 11.6 Å². The maximum Gasteiger partial charge on any atom is 0.278 e. The molecule has 2 aromatic carbocycles. The Hall–Kier alpha value is -3.26. The summed E-state index contributed by atoms with van der Waals surface area (Å²) in [6.07, 6.45) is -1.04. The van der Waals surface area contributed by atoms with Gasteiger partial charge in [0, 0.05) is 22.7 Å². The molecule has 0 radical (unpaired) electrons. The lowest BCUT2D eigenvalue weighted by Gasteiger charge is -2.15. The van der Waals surface area contributed by atoms with Crippen LogP contribution in [0.3, 0.4) is 0 Å². The number of fused-ring (bicyclic) bond motifs is 1. The number of amides is 2. The van der Waals surface area contributed by atoms with Crippen molar-refractivity contribution in [3.8, 4) is 0 Å². The molecule has 4 rings (SSSR count). The highest BCUT2D eigenvalue weighted by molar-refractivity contribution is 6.33. The summed E-state index contributed by atoms with van der Waals surface area (Å²) in [6, 6.07) is 11.9. The number of hydrogen-bond acceptors (Lipinski definition) is 6. The van der Waals surface area contributed by atoms with Gasteiger partial charge in [0.05, 0.1) is 10.6 Å². The van der Waals surface area contributed by atoms with E-state index in [0.717, 1.165) is 4.90 Å². The van der Waals surface area contributed by atoms with Crippen molar-refractivity contribution in [2.24, 2.45) is 11.1 Å². The number of carbonyl (C=O) groups excluding carboxylic acids is 2. The Labute approximate surface area is 151 Å². The lowest BCUT2D eigenvalue weighted by Crippen LogP contribution is -2.33. The average Bonchev–Trinajstić information content (AvgIpc) is 3.17. The first-order valence-electron chi connectivity index (χ1n) is 7.59. The fourth-order valence-corrected chi connectivity index (χ4v) is 3.14. The summed E-state index contributed by atoms with van der Waals surface area (Å²) in [5.41, 5.74) is 1.08. The fraction of sp³-hybridized carbons (Fsp3) is 0.118. The summed E-state index contributed by atoms with van der Waals surface area (Å²) in [7, 11) is 0. The summed E-state index contributed by atoms with van der Waals surface area (Å²) >= 11 is 5.85. The highest BCUT2D eigenvalue weighted by Gasteiger charge is 2.56. The number of hydrogen-bond donors (Lipinski definition) is 0. The highest BCUT2D eigenvalue weighted by atomic mass is 35.5. The largest absolute Gasteiger partial charge is 0.381 e. The fourth-order valence-electron chi connectivity index (χ4n) is 3.01. The molecule has 9 heteroatoms. The number of non-ortho nitro benzene ring substituents is 1. The van der Waals surface area contributed by atoms with Crippen molar-refractivity contribution in [2.45, 2.75) is 6.10 Å². The summed E-state index contributed by atoms with van der Waals surface area (Å²) in [5, 5.41) is 15.1. The van der Waals surface area contributed by atoms with Crippen LogP contribution in [-0.4, -0.2) is 28.6 Å². The number of nitro groups is 1. The van der Waals surface area contributed by atoms with E-state index in [-0.39, 0.29) is 11.4 Å². The first-order chi connectivity index (χ1) is 12.5. The first kappa shape index (κ1) is 16.2. The summed E-state index contributed by atoms with van der Waals surface area (Å²) < 4.78 is 0. The maximum atomic E-state index is 12.8. The van der Waals surface area contributed by atoms with Gasteiger partial charge in [0.1, 0.15) is 11.6 Å². The molecule has 0 aliphatic carbocycles. The molecule has 8 nitrogen and oxygen atoms in total. The van der Waals surface area contributed by atoms with Crippen LogP contribution < -0.4 is 4.90 Å². The van der Waals surface area contributed by atoms with Gasteiger partial charge in [-0.15, -0.1) is 0 Å². The van der Waals surface area contributed by atoms with Gasteiger partial charge in [-0.05, 0) is 36.4 Å². The minimum atomic E-state index is -1.04. The van der Waals surface area contributed by atoms with Gasteiger partial charge < -0.3 is 4.84 Å². The van der Waals surface area contributed by atoms with E-state index in [9.17, 15) is 19.7 Å². The van der Waals surface area contributed by atoms with E-state index in [1.54, 1.807) is 24.3 Å². The molecule has 2 aromatic rings. The Bertz CT molecular complexity index is 955. The minimum Gasteiger partial charge on any atom is -0.381 e. The van der Waals surface area contributed by atoms with Gasteiger partial charge in [-0.25, -0.2) is 4.90 Å². The summed E-state index contributed by atoms with van der Waals surface area (Å²) in [6.45, 7) is 0. The number of nitrogens with zero attached hydrogens (tertiary/aromatic N) is 3. The second-order valence-electron chi connectivity index (χ2n) is 5.77. The van der Waals surface area contributed by atoms with Crippen LogP contribution in [0.5, 0.6) is 0 Å². The number of oxime groups is 1. The number of benzene rings is 2. The van der Waals surface area contributed by atoms with E-state index in [2.05, 4.69) is 5.16 Å². The maximum absolute atomic E-state index is 12.8. The van der Waals surface area contributed by atoms with Gasteiger partial charge in [0.25, 0.3) is 11.6 Å². The van der Waals surface area contributed by atoms with Gasteiger partial charge in [0.2, 0.25) is 12.0 Å². The van der Waals surface area contributed by atoms with E-state index < -0.39 is 28.8 Å². The van der Waals surface area contributed by atoms with E-state index in [0.29, 0.717) is 16.3 Å². The molecule has 1 fully saturated rings. The predicted octanol–water partition coefficient (Wildman–Crippen LogP) is 2.54. The quantitative estimate of drug-likeness (QED) is 0.468. The van der Waals surface area contributed by atoms with Crippen LogP contribution in [0, 0.1) is 16.0 Å². The SMILES string of the molecule is O=C1C2ON=C(c3ccc([N+](=O)[O-])cc3)C2C(=O)N1c1ccc(Cl)cc1. The summed E-state index contributed by atoms with van der Waals surface area (Å²) in [4.78, 5) is 41.9. The zero-order valence-electron chi connectivity index (χ0n) is 13.0. The molecular weight excluding hydrogens is 362 g/mol. The smallest absolute Gasteiger partial charge is 0.278 e. The third-order valence-corrected chi connectivity index (χ3v) is 4.52. The normalized spacial score (nSPS) is 21.4. The third kappa shape index (κ3) is 2.42. The van der Waals surface area contributed by atoms with Gasteiger partial charge in [0.15, 0.2) is 0 Å². The molecule has 0 N–H and O–H groups in total. The minimum absolute atomic E-state index is 0.0820. The van der Waals surface area contributed by atoms with Crippen molar-refractivity contribution in [1.29, 1.82) is 0 Å². The van der Waals surface area contributed by atoms with E-state index >= 15 is 0 Å². The van der Waals surface area contributed by atoms with E-state index in [4.69, 9.17) is 16.4 Å². The van der Waals surface area contributed by atoms with E-state index in [1.165, 1.54) is 24.3 Å². The number of rotatable bonds is 3. The monoisotopic (exact) mass is 371 g/mol. The zero-order valence-corrected chi connectivity index (χ0v) is 13.8. The standard InChI is InChI=1S/C17H10ClN3O5/c18-10-3-7-11(8-4-10)20-16(22)13-14(19-26-15(13)17(20)23)9-1-5-12(6-2-9)21(24)25/h1-8,13,15H. The molecule has 0 aromatic heterocycles. The van der Waals surface area contributed by atoms with Crippen LogP contribution in [-0.2, 0) is 14.4 Å². The molecular formula is C17H10ClN3O5. The highest BCUT2D eigenvalue weighted by Crippen LogP contribution is 2.35. The Morgan fingerprint density at radius 3 is 2.31 bits per heavy atom. The van der Waals surface area contributed by atoms with Crippen LogP contribution in [0.15, 0.2) is 53.7 Å². The van der Waals surface area contributed by atoms with E-state index in [1.807, 2.05) is 0 Å². The molecule has 2 atom stereocenters. The number of imide groups is 1. The van der Waals surface area contributed by atoms with Gasteiger partial charge in [-0.3, -0.25) is 19.7 Å². The molecule has 130 valence electrons. The van der Waals surface area contributed by atoms with Crippen molar-refractivity contribution in [3.63, 3.8) is 0 Å². The second-order valence-corrected chi connectivity index (χ2v) is 6.21. The predicted molar refractivity (Wildman–Crippen MR) is 91.9 cm³/mol. The molecule has 2 aliphatic rings. The molecule has 1 saturated heterocycles. The van der Waals surface area contributed by atoms with Crippen molar-refractivity contribution in [3.05, 3.63) is 69.2 Å². The molecule has 26 heavy (non-hydrogen) atoms. The first-order valence-corrected chi connectivity index (χ1v) is 7.97. The molecule has 0 bridgehead atoms. The van der Waals surface area contributed by atoms with Crippen LogP contribution in [0.1, 0.15) is 5.56 Å². The average molecular weight is 372 g/mol. The van der Waals surface area contributed by atoms with Crippen LogP contribution in [0.2, 0.25) is 5.02 Å². The number of halogens is 1. The van der Waals surface area contributed by atoms with Gasteiger partial charge in [-0.2, -0.15) is 0 Å². The molecule has 2 aliphatic heterocycles. The molecule has 0 saturated carbocycles. The Balaban J connectivity index is 1.66. The van der Waals surface area contributed by atoms with Crippen LogP contribution in [0.25, 0.3) is 0 Å². The molecule has 2 heterocycles. The van der Waals surface area contributed by atoms with Crippen molar-refractivity contribution in [2.75, 3.05) is 4.90 Å². The molecule has 0 spiro atoms. The summed E-state index contributed by atoms with van der Waals surface area (Å²) in [5.74, 6) is -1.86. The third-order valence-electron chi connectivity index (χ3n) is 4.27. The topological polar surface area (TPSA) is 102 Å². The Morgan fingerprint density at radius 2 is 1.69 bits per heavy atom. The zero-order chi connectivity index (χ0) is 18.4. The van der Waals surface area contributed by atoms with Crippen molar-refractivity contribution in [1.82, 2.24) is 0 Å². The second kappa shape index (κ2) is 5.92. The Morgan fingerprint density at radius 1 is 1.04 bits per heavy atom. The lowest BCUT2D eigenvalue weighted by atomic mass is 9.94. The molecule has 2 amide bonds. The number of nitro benzene ring substituents is 1. The lowest BCUT2D eigenvalue weighted by molar-refractivity contribution is -0.384. The van der Waals surface area contributed by atoms with Gasteiger partial charge in [-0.1, -0.05) is 16.8 Å². The number of anilines is 1. The number of carbonyl (C=O) groups is 2. The van der Waals surface area contributed by atoms with Crippen molar-refractivity contribution < 1.29 is 19.3 Å².